The Bertz CT molecular complexity index is 311. The number of aromatic nitrogens is 3. The Morgan fingerprint density at radius 3 is 2.44 bits per heavy atom. The molecule has 0 fully saturated rings. The number of unbranched alkanes of at least 4 members (excludes halogenated alkanes) is 7. The van der Waals surface area contributed by atoms with Crippen molar-refractivity contribution in [1.29, 1.82) is 0 Å². The van der Waals surface area contributed by atoms with Gasteiger partial charge in [0.1, 0.15) is 0 Å². The summed E-state index contributed by atoms with van der Waals surface area (Å²) in [6.45, 7) is 2.96. The van der Waals surface area contributed by atoms with Gasteiger partial charge in [0, 0.05) is 6.54 Å². The van der Waals surface area contributed by atoms with Crippen LogP contribution in [0.25, 0.3) is 0 Å². The fourth-order valence-electron chi connectivity index (χ4n) is 1.86. The largest absolute Gasteiger partial charge is 0.351 e. The molecule has 1 aromatic rings. The van der Waals surface area contributed by atoms with E-state index < -0.39 is 0 Å². The van der Waals surface area contributed by atoms with Crippen LogP contribution in [0.3, 0.4) is 0 Å². The molecule has 0 aliphatic heterocycles. The first-order chi connectivity index (χ1) is 8.84. The summed E-state index contributed by atoms with van der Waals surface area (Å²) in [6.07, 6.45) is 11.6. The van der Waals surface area contributed by atoms with Crippen molar-refractivity contribution in [1.82, 2.24) is 20.7 Å². The van der Waals surface area contributed by atoms with Crippen molar-refractivity contribution in [3.8, 4) is 0 Å². The summed E-state index contributed by atoms with van der Waals surface area (Å²) in [6, 6.07) is 0. The average molecular weight is 252 g/mol. The van der Waals surface area contributed by atoms with Crippen molar-refractivity contribution in [2.75, 3.05) is 6.54 Å². The molecule has 1 amide bonds. The third kappa shape index (κ3) is 6.37. The Balaban J connectivity index is 1.88. The molecule has 0 unspecified atom stereocenters. The Hall–Kier alpha value is -1.39. The van der Waals surface area contributed by atoms with Gasteiger partial charge in [-0.05, 0) is 6.42 Å². The summed E-state index contributed by atoms with van der Waals surface area (Å²) in [4.78, 5) is 11.5. The zero-order chi connectivity index (χ0) is 13.1. The van der Waals surface area contributed by atoms with Crippen LogP contribution in [0.1, 0.15) is 68.8 Å². The van der Waals surface area contributed by atoms with E-state index in [2.05, 4.69) is 27.7 Å². The Morgan fingerprint density at radius 2 is 1.83 bits per heavy atom. The number of H-pyrrole nitrogens is 1. The smallest absolute Gasteiger partial charge is 0.273 e. The number of aromatic amines is 1. The highest BCUT2D eigenvalue weighted by atomic mass is 16.1. The fraction of sp³-hybridized carbons (Fsp3) is 0.769. The molecule has 0 aliphatic carbocycles. The van der Waals surface area contributed by atoms with Crippen molar-refractivity contribution >= 4 is 5.91 Å². The van der Waals surface area contributed by atoms with Crippen LogP contribution in [-0.2, 0) is 0 Å². The minimum absolute atomic E-state index is 0.147. The maximum atomic E-state index is 11.5. The molecule has 0 bridgehead atoms. The molecule has 0 aliphatic rings. The maximum absolute atomic E-state index is 11.5. The Labute approximate surface area is 109 Å². The first-order valence-electron chi connectivity index (χ1n) is 6.98. The second-order valence-corrected chi connectivity index (χ2v) is 4.59. The van der Waals surface area contributed by atoms with Gasteiger partial charge in [-0.15, -0.1) is 0 Å². The van der Waals surface area contributed by atoms with E-state index in [0.717, 1.165) is 13.0 Å². The second-order valence-electron chi connectivity index (χ2n) is 4.59. The predicted molar refractivity (Wildman–Crippen MR) is 71.3 cm³/mol. The van der Waals surface area contributed by atoms with Gasteiger partial charge < -0.3 is 5.32 Å². The van der Waals surface area contributed by atoms with Crippen molar-refractivity contribution in [2.45, 2.75) is 58.3 Å². The molecule has 0 spiro atoms. The second kappa shape index (κ2) is 9.62. The van der Waals surface area contributed by atoms with Gasteiger partial charge in [0.2, 0.25) is 0 Å². The van der Waals surface area contributed by atoms with Crippen LogP contribution in [0.4, 0.5) is 0 Å². The number of nitrogens with one attached hydrogen (secondary N) is 2. The van der Waals surface area contributed by atoms with E-state index in [1.807, 2.05) is 0 Å². The van der Waals surface area contributed by atoms with E-state index in [-0.39, 0.29) is 5.91 Å². The highest BCUT2D eigenvalue weighted by molar-refractivity contribution is 5.91. The topological polar surface area (TPSA) is 70.7 Å². The van der Waals surface area contributed by atoms with Crippen LogP contribution in [-0.4, -0.2) is 27.9 Å². The summed E-state index contributed by atoms with van der Waals surface area (Å²) < 4.78 is 0. The van der Waals surface area contributed by atoms with Gasteiger partial charge in [-0.3, -0.25) is 4.79 Å². The number of rotatable bonds is 10. The Kier molecular flexibility index (Phi) is 7.84. The third-order valence-corrected chi connectivity index (χ3v) is 2.96. The molecular formula is C13H24N4O. The molecule has 1 aromatic heterocycles. The normalized spacial score (nSPS) is 10.5. The van der Waals surface area contributed by atoms with Gasteiger partial charge in [-0.25, -0.2) is 0 Å². The molecule has 0 radical (unpaired) electrons. The molecule has 102 valence electrons. The summed E-state index contributed by atoms with van der Waals surface area (Å²) in [7, 11) is 0. The van der Waals surface area contributed by atoms with Gasteiger partial charge in [0.05, 0.1) is 6.20 Å². The molecule has 0 atom stereocenters. The first-order valence-corrected chi connectivity index (χ1v) is 6.98. The molecular weight excluding hydrogens is 228 g/mol. The van der Waals surface area contributed by atoms with E-state index >= 15 is 0 Å². The highest BCUT2D eigenvalue weighted by Gasteiger charge is 2.06. The molecule has 18 heavy (non-hydrogen) atoms. The summed E-state index contributed by atoms with van der Waals surface area (Å²) in [5, 5.41) is 12.6. The number of carbonyl (C=O) groups excluding carboxylic acids is 1. The van der Waals surface area contributed by atoms with E-state index in [0.29, 0.717) is 5.69 Å². The van der Waals surface area contributed by atoms with Crippen LogP contribution < -0.4 is 5.32 Å². The molecule has 0 aromatic carbocycles. The molecule has 1 rings (SSSR count). The SMILES string of the molecule is CCCCCCCCCCNC(=O)c1cn[nH]n1. The predicted octanol–water partition coefficient (Wildman–Crippen LogP) is 2.68. The third-order valence-electron chi connectivity index (χ3n) is 2.96. The monoisotopic (exact) mass is 252 g/mol. The Morgan fingerprint density at radius 1 is 1.17 bits per heavy atom. The van der Waals surface area contributed by atoms with E-state index in [1.54, 1.807) is 0 Å². The molecule has 5 heteroatoms. The van der Waals surface area contributed by atoms with Gasteiger partial charge in [0.15, 0.2) is 5.69 Å². The van der Waals surface area contributed by atoms with E-state index in [9.17, 15) is 4.79 Å². The average Bonchev–Trinajstić information content (AvgIpc) is 2.90. The van der Waals surface area contributed by atoms with Crippen molar-refractivity contribution in [2.24, 2.45) is 0 Å². The molecule has 2 N–H and O–H groups in total. The van der Waals surface area contributed by atoms with Crippen molar-refractivity contribution < 1.29 is 4.79 Å². The lowest BCUT2D eigenvalue weighted by molar-refractivity contribution is 0.0948. The lowest BCUT2D eigenvalue weighted by Crippen LogP contribution is -2.24. The standard InChI is InChI=1S/C13H24N4O/c1-2-3-4-5-6-7-8-9-10-14-13(18)12-11-15-17-16-12/h11H,2-10H2,1H3,(H,14,18)(H,15,16,17). The number of hydrogen-bond donors (Lipinski definition) is 2. The summed E-state index contributed by atoms with van der Waals surface area (Å²) in [5.74, 6) is -0.147. The quantitative estimate of drug-likeness (QED) is 0.629. The van der Waals surface area contributed by atoms with Crippen LogP contribution in [0.2, 0.25) is 0 Å². The van der Waals surface area contributed by atoms with Gasteiger partial charge in [-0.1, -0.05) is 51.9 Å². The fourth-order valence-corrected chi connectivity index (χ4v) is 1.86. The van der Waals surface area contributed by atoms with Crippen molar-refractivity contribution in [3.63, 3.8) is 0 Å². The molecule has 0 saturated carbocycles. The van der Waals surface area contributed by atoms with Gasteiger partial charge in [0.25, 0.3) is 5.91 Å². The van der Waals surface area contributed by atoms with Gasteiger partial charge in [-0.2, -0.15) is 15.4 Å². The van der Waals surface area contributed by atoms with E-state index in [1.165, 1.54) is 51.1 Å². The lowest BCUT2D eigenvalue weighted by Gasteiger charge is -2.03. The zero-order valence-corrected chi connectivity index (χ0v) is 11.2. The minimum Gasteiger partial charge on any atom is -0.351 e. The maximum Gasteiger partial charge on any atom is 0.273 e. The first kappa shape index (κ1) is 14.7. The van der Waals surface area contributed by atoms with Crippen molar-refractivity contribution in [3.05, 3.63) is 11.9 Å². The zero-order valence-electron chi connectivity index (χ0n) is 11.2. The van der Waals surface area contributed by atoms with Gasteiger partial charge >= 0.3 is 0 Å². The van der Waals surface area contributed by atoms with E-state index in [4.69, 9.17) is 0 Å². The van der Waals surface area contributed by atoms with Crippen LogP contribution in [0, 0.1) is 0 Å². The summed E-state index contributed by atoms with van der Waals surface area (Å²) in [5.41, 5.74) is 0.356. The van der Waals surface area contributed by atoms with Crippen LogP contribution in [0.15, 0.2) is 6.20 Å². The number of nitrogens with zero attached hydrogens (tertiary/aromatic N) is 2. The molecule has 0 saturated heterocycles. The highest BCUT2D eigenvalue weighted by Crippen LogP contribution is 2.07. The lowest BCUT2D eigenvalue weighted by atomic mass is 10.1. The minimum atomic E-state index is -0.147. The number of carbonyl (C=O) groups is 1. The van der Waals surface area contributed by atoms with Crippen LogP contribution >= 0.6 is 0 Å². The number of hydrogen-bond acceptors (Lipinski definition) is 3. The number of amides is 1. The molecule has 5 nitrogen and oxygen atoms in total. The molecule has 1 heterocycles. The summed E-state index contributed by atoms with van der Waals surface area (Å²) >= 11 is 0. The van der Waals surface area contributed by atoms with Crippen LogP contribution in [0.5, 0.6) is 0 Å².